The van der Waals surface area contributed by atoms with Crippen molar-refractivity contribution in [1.82, 2.24) is 14.9 Å². The summed E-state index contributed by atoms with van der Waals surface area (Å²) in [7, 11) is 0. The van der Waals surface area contributed by atoms with Crippen LogP contribution in [0.4, 0.5) is 0 Å². The molecule has 3 nitrogen and oxygen atoms in total. The molecule has 1 unspecified atom stereocenters. The Hall–Kier alpha value is -1.32. The molecule has 0 radical (unpaired) electrons. The second-order valence-electron chi connectivity index (χ2n) is 5.42. The van der Waals surface area contributed by atoms with E-state index in [4.69, 9.17) is 11.6 Å². The van der Waals surface area contributed by atoms with E-state index >= 15 is 0 Å². The molecule has 2 aromatic rings. The number of imidazole rings is 1. The van der Waals surface area contributed by atoms with E-state index in [0.717, 1.165) is 18.0 Å². The first-order chi connectivity index (χ1) is 9.78. The zero-order chi connectivity index (χ0) is 13.9. The number of hydrogen-bond donors (Lipinski definition) is 1. The summed E-state index contributed by atoms with van der Waals surface area (Å²) in [5.41, 5.74) is 2.56. The predicted octanol–water partition coefficient (Wildman–Crippen LogP) is 4.11. The molecule has 3 rings (SSSR count). The van der Waals surface area contributed by atoms with E-state index in [1.54, 1.807) is 0 Å². The van der Waals surface area contributed by atoms with Gasteiger partial charge in [0, 0.05) is 29.8 Å². The fraction of sp³-hybridized carbons (Fsp3) is 0.438. The van der Waals surface area contributed by atoms with Gasteiger partial charge in [-0.05, 0) is 37.0 Å². The fourth-order valence-corrected chi connectivity index (χ4v) is 2.70. The summed E-state index contributed by atoms with van der Waals surface area (Å²) in [6.07, 6.45) is 7.56. The van der Waals surface area contributed by atoms with Gasteiger partial charge >= 0.3 is 0 Å². The number of hydrogen-bond acceptors (Lipinski definition) is 2. The van der Waals surface area contributed by atoms with Crippen molar-refractivity contribution >= 4 is 11.6 Å². The molecule has 1 N–H and O–H groups in total. The van der Waals surface area contributed by atoms with Crippen LogP contribution in [0.1, 0.15) is 49.5 Å². The number of benzene rings is 1. The van der Waals surface area contributed by atoms with Gasteiger partial charge in [0.25, 0.3) is 0 Å². The first-order valence-corrected chi connectivity index (χ1v) is 7.65. The lowest BCUT2D eigenvalue weighted by molar-refractivity contribution is 0.502. The first kappa shape index (κ1) is 13.7. The van der Waals surface area contributed by atoms with Crippen LogP contribution in [0.15, 0.2) is 36.8 Å². The molecule has 1 heterocycles. The summed E-state index contributed by atoms with van der Waals surface area (Å²) in [4.78, 5) is 4.28. The zero-order valence-corrected chi connectivity index (χ0v) is 12.5. The molecule has 1 atom stereocenters. The normalized spacial score (nSPS) is 16.3. The average Bonchev–Trinajstić information content (AvgIpc) is 3.21. The molecule has 0 spiro atoms. The van der Waals surface area contributed by atoms with E-state index < -0.39 is 0 Å². The van der Waals surface area contributed by atoms with Crippen LogP contribution in [0.2, 0.25) is 5.02 Å². The van der Waals surface area contributed by atoms with Crippen molar-refractivity contribution in [3.05, 3.63) is 53.1 Å². The maximum absolute atomic E-state index is 5.95. The van der Waals surface area contributed by atoms with E-state index in [2.05, 4.69) is 33.9 Å². The van der Waals surface area contributed by atoms with Gasteiger partial charge in [-0.15, -0.1) is 0 Å². The molecule has 1 aromatic carbocycles. The van der Waals surface area contributed by atoms with Crippen molar-refractivity contribution in [2.45, 2.75) is 44.8 Å². The Kier molecular flexibility index (Phi) is 4.08. The van der Waals surface area contributed by atoms with Gasteiger partial charge in [-0.2, -0.15) is 0 Å². The van der Waals surface area contributed by atoms with Gasteiger partial charge < -0.3 is 9.88 Å². The van der Waals surface area contributed by atoms with Crippen LogP contribution in [-0.4, -0.2) is 9.55 Å². The second kappa shape index (κ2) is 5.98. The fourth-order valence-electron chi connectivity index (χ4n) is 2.57. The number of rotatable bonds is 6. The largest absolute Gasteiger partial charge is 0.330 e. The summed E-state index contributed by atoms with van der Waals surface area (Å²) in [6, 6.07) is 9.15. The maximum atomic E-state index is 5.95. The van der Waals surface area contributed by atoms with E-state index in [-0.39, 0.29) is 0 Å². The quantitative estimate of drug-likeness (QED) is 0.867. The van der Waals surface area contributed by atoms with E-state index in [0.29, 0.717) is 12.1 Å². The molecule has 1 fully saturated rings. The molecular formula is C16H20ClN3. The maximum Gasteiger partial charge on any atom is 0.0951 e. The monoisotopic (exact) mass is 289 g/mol. The van der Waals surface area contributed by atoms with Crippen molar-refractivity contribution in [3.8, 4) is 0 Å². The lowest BCUT2D eigenvalue weighted by Gasteiger charge is -2.18. The van der Waals surface area contributed by atoms with Crippen LogP contribution in [0.5, 0.6) is 0 Å². The zero-order valence-electron chi connectivity index (χ0n) is 11.7. The molecule has 0 saturated heterocycles. The van der Waals surface area contributed by atoms with E-state index in [1.165, 1.54) is 24.1 Å². The highest BCUT2D eigenvalue weighted by molar-refractivity contribution is 6.30. The van der Waals surface area contributed by atoms with Crippen LogP contribution in [-0.2, 0) is 6.54 Å². The summed E-state index contributed by atoms with van der Waals surface area (Å²) >= 11 is 5.95. The molecule has 20 heavy (non-hydrogen) atoms. The molecular weight excluding hydrogens is 270 g/mol. The minimum atomic E-state index is 0.356. The van der Waals surface area contributed by atoms with Gasteiger partial charge in [-0.1, -0.05) is 30.7 Å². The van der Waals surface area contributed by atoms with Gasteiger partial charge in [-0.3, -0.25) is 0 Å². The Bertz CT molecular complexity index is 557. The van der Waals surface area contributed by atoms with Crippen molar-refractivity contribution in [3.63, 3.8) is 0 Å². The third-order valence-electron chi connectivity index (χ3n) is 3.90. The lowest BCUT2D eigenvalue weighted by Crippen LogP contribution is -2.21. The molecule has 0 bridgehead atoms. The molecule has 0 amide bonds. The topological polar surface area (TPSA) is 29.9 Å². The summed E-state index contributed by atoms with van der Waals surface area (Å²) in [6.45, 7) is 3.06. The molecule has 106 valence electrons. The van der Waals surface area contributed by atoms with Crippen molar-refractivity contribution in [2.24, 2.45) is 0 Å². The highest BCUT2D eigenvalue weighted by atomic mass is 35.5. The molecule has 1 aromatic heterocycles. The summed E-state index contributed by atoms with van der Waals surface area (Å²) < 4.78 is 2.31. The third kappa shape index (κ3) is 3.05. The standard InChI is InChI=1S/C16H20ClN3/c1-2-16(12-3-5-13(17)6-4-12)19-10-15-9-18-11-20(15)14-7-8-14/h3-6,9,11,14,16,19H,2,7-8,10H2,1H3. The molecule has 1 aliphatic carbocycles. The molecule has 1 saturated carbocycles. The Labute approximate surface area is 125 Å². The number of halogens is 1. The third-order valence-corrected chi connectivity index (χ3v) is 4.15. The first-order valence-electron chi connectivity index (χ1n) is 7.27. The molecule has 0 aliphatic heterocycles. The Balaban J connectivity index is 1.66. The highest BCUT2D eigenvalue weighted by Crippen LogP contribution is 2.35. The summed E-state index contributed by atoms with van der Waals surface area (Å²) in [5, 5.41) is 4.41. The van der Waals surface area contributed by atoms with Crippen LogP contribution >= 0.6 is 11.6 Å². The summed E-state index contributed by atoms with van der Waals surface area (Å²) in [5.74, 6) is 0. The smallest absolute Gasteiger partial charge is 0.0951 e. The van der Waals surface area contributed by atoms with Crippen molar-refractivity contribution in [1.29, 1.82) is 0 Å². The lowest BCUT2D eigenvalue weighted by atomic mass is 10.0. The van der Waals surface area contributed by atoms with Crippen molar-refractivity contribution in [2.75, 3.05) is 0 Å². The minimum absolute atomic E-state index is 0.356. The van der Waals surface area contributed by atoms with Crippen molar-refractivity contribution < 1.29 is 0 Å². The van der Waals surface area contributed by atoms with Gasteiger partial charge in [0.2, 0.25) is 0 Å². The Morgan fingerprint density at radius 2 is 2.10 bits per heavy atom. The van der Waals surface area contributed by atoms with Crippen LogP contribution in [0, 0.1) is 0 Å². The average molecular weight is 290 g/mol. The predicted molar refractivity (Wildman–Crippen MR) is 81.8 cm³/mol. The number of aromatic nitrogens is 2. The Morgan fingerprint density at radius 1 is 1.35 bits per heavy atom. The van der Waals surface area contributed by atoms with Crippen LogP contribution in [0.25, 0.3) is 0 Å². The SMILES string of the molecule is CCC(NCc1cncn1C1CC1)c1ccc(Cl)cc1. The Morgan fingerprint density at radius 3 is 2.75 bits per heavy atom. The van der Waals surface area contributed by atoms with E-state index in [9.17, 15) is 0 Å². The van der Waals surface area contributed by atoms with Gasteiger partial charge in [-0.25, -0.2) is 4.98 Å². The molecule has 1 aliphatic rings. The van der Waals surface area contributed by atoms with E-state index in [1.807, 2.05) is 24.7 Å². The highest BCUT2D eigenvalue weighted by Gasteiger charge is 2.25. The number of nitrogens with zero attached hydrogens (tertiary/aromatic N) is 2. The van der Waals surface area contributed by atoms with Gasteiger partial charge in [0.15, 0.2) is 0 Å². The van der Waals surface area contributed by atoms with Crippen LogP contribution in [0.3, 0.4) is 0 Å². The van der Waals surface area contributed by atoms with Gasteiger partial charge in [0.05, 0.1) is 12.0 Å². The molecule has 4 heteroatoms. The van der Waals surface area contributed by atoms with Crippen LogP contribution < -0.4 is 5.32 Å². The second-order valence-corrected chi connectivity index (χ2v) is 5.85. The number of nitrogens with one attached hydrogen (secondary N) is 1. The minimum Gasteiger partial charge on any atom is -0.330 e. The van der Waals surface area contributed by atoms with Gasteiger partial charge in [0.1, 0.15) is 0 Å².